The van der Waals surface area contributed by atoms with Gasteiger partial charge in [-0.1, -0.05) is 0 Å². The van der Waals surface area contributed by atoms with Gasteiger partial charge in [-0.25, -0.2) is 4.68 Å². The number of rotatable bonds is 1. The van der Waals surface area contributed by atoms with Gasteiger partial charge < -0.3 is 5.11 Å². The Morgan fingerprint density at radius 1 is 1.21 bits per heavy atom. The Morgan fingerprint density at radius 2 is 1.93 bits per heavy atom. The first-order chi connectivity index (χ1) is 6.58. The Bertz CT molecular complexity index is 423. The van der Waals surface area contributed by atoms with Gasteiger partial charge in [0.1, 0.15) is 0 Å². The highest BCUT2D eigenvalue weighted by Gasteiger charge is 2.07. The van der Waals surface area contributed by atoms with Crippen LogP contribution in [0.3, 0.4) is 0 Å². The fourth-order valence-corrected chi connectivity index (χ4v) is 1.55. The Kier molecular flexibility index (Phi) is 1.84. The molecule has 1 N–H and O–H groups in total. The minimum absolute atomic E-state index is 0.203. The van der Waals surface area contributed by atoms with E-state index in [0.29, 0.717) is 0 Å². The Balaban J connectivity index is 2.59. The topological polar surface area (TPSA) is 43.0 Å². The van der Waals surface area contributed by atoms with E-state index < -0.39 is 0 Å². The predicted octanol–water partition coefficient (Wildman–Crippen LogP) is 1.63. The van der Waals surface area contributed by atoms with E-state index in [1.165, 1.54) is 0 Å². The van der Waals surface area contributed by atoms with Crippen molar-refractivity contribution in [3.05, 3.63) is 35.3 Å². The third-order valence-electron chi connectivity index (χ3n) is 2.11. The van der Waals surface area contributed by atoms with Gasteiger partial charge in [-0.15, -0.1) is 0 Å². The van der Waals surface area contributed by atoms with Gasteiger partial charge in [0.05, 0.1) is 11.4 Å². The van der Waals surface area contributed by atoms with Gasteiger partial charge in [0.15, 0.2) is 0 Å². The van der Waals surface area contributed by atoms with Gasteiger partial charge >= 0.3 is 0 Å². The van der Waals surface area contributed by atoms with Crippen molar-refractivity contribution < 1.29 is 5.11 Å². The second kappa shape index (κ2) is 2.90. The highest BCUT2D eigenvalue weighted by molar-refractivity contribution is 5.22. The molecular formula is C10H13N3O. The second-order valence-corrected chi connectivity index (χ2v) is 3.54. The number of hydrogen-bond donors (Lipinski definition) is 1. The maximum Gasteiger partial charge on any atom is 0.212 e. The molecule has 0 bridgehead atoms. The summed E-state index contributed by atoms with van der Waals surface area (Å²) in [6, 6.07) is 3.67. The molecule has 2 aromatic rings. The first-order valence-electron chi connectivity index (χ1n) is 4.50. The van der Waals surface area contributed by atoms with Crippen LogP contribution in [0.25, 0.3) is 0 Å². The average Bonchev–Trinajstić information content (AvgIpc) is 2.55. The van der Waals surface area contributed by atoms with Crippen molar-refractivity contribution in [1.82, 2.24) is 14.6 Å². The lowest BCUT2D eigenvalue weighted by Gasteiger charge is -2.06. The quantitative estimate of drug-likeness (QED) is 0.744. The van der Waals surface area contributed by atoms with Crippen LogP contribution in [0, 0.1) is 20.8 Å². The molecule has 14 heavy (non-hydrogen) atoms. The zero-order valence-electron chi connectivity index (χ0n) is 8.52. The van der Waals surface area contributed by atoms with Gasteiger partial charge in [-0.2, -0.15) is 9.89 Å². The number of hydrogen-bond acceptors (Lipinski definition) is 2. The molecular weight excluding hydrogens is 178 g/mol. The Hall–Kier alpha value is -1.71. The minimum Gasteiger partial charge on any atom is -0.493 e. The smallest absolute Gasteiger partial charge is 0.212 e. The van der Waals surface area contributed by atoms with Gasteiger partial charge in [0.2, 0.25) is 5.88 Å². The molecule has 0 aromatic carbocycles. The van der Waals surface area contributed by atoms with Gasteiger partial charge in [-0.05, 0) is 32.4 Å². The molecule has 0 atom stereocenters. The zero-order chi connectivity index (χ0) is 10.3. The van der Waals surface area contributed by atoms with E-state index in [2.05, 4.69) is 5.10 Å². The molecule has 0 saturated carbocycles. The summed E-state index contributed by atoms with van der Waals surface area (Å²) >= 11 is 0. The maximum atomic E-state index is 9.62. The fourth-order valence-electron chi connectivity index (χ4n) is 1.55. The molecule has 0 amide bonds. The summed E-state index contributed by atoms with van der Waals surface area (Å²) < 4.78 is 1.62. The SMILES string of the molecule is Cc1cc(O)n(-n2nc(C)cc2C)c1. The lowest BCUT2D eigenvalue weighted by Crippen LogP contribution is -2.10. The first kappa shape index (κ1) is 8.87. The van der Waals surface area contributed by atoms with Crippen molar-refractivity contribution in [3.8, 4) is 5.88 Å². The van der Waals surface area contributed by atoms with Gasteiger partial charge in [0.25, 0.3) is 0 Å². The van der Waals surface area contributed by atoms with Crippen LogP contribution in [0.2, 0.25) is 0 Å². The summed E-state index contributed by atoms with van der Waals surface area (Å²) in [4.78, 5) is 1.68. The van der Waals surface area contributed by atoms with Crippen LogP contribution in [0.5, 0.6) is 5.88 Å². The van der Waals surface area contributed by atoms with Gasteiger partial charge in [-0.3, -0.25) is 0 Å². The number of aromatic nitrogens is 3. The predicted molar refractivity (Wildman–Crippen MR) is 53.3 cm³/mol. The molecule has 2 rings (SSSR count). The Morgan fingerprint density at radius 3 is 2.36 bits per heavy atom. The molecule has 0 aliphatic rings. The standard InChI is InChI=1S/C10H13N3O/c1-7-4-10(14)12(6-7)13-9(3)5-8(2)11-13/h4-6,14H,1-3H3. The van der Waals surface area contributed by atoms with Crippen LogP contribution in [0.4, 0.5) is 0 Å². The van der Waals surface area contributed by atoms with Crippen LogP contribution in [0.15, 0.2) is 18.3 Å². The fraction of sp³-hybridized carbons (Fsp3) is 0.300. The van der Waals surface area contributed by atoms with E-state index in [0.717, 1.165) is 17.0 Å². The van der Waals surface area contributed by atoms with E-state index in [1.807, 2.05) is 33.0 Å². The van der Waals surface area contributed by atoms with Crippen LogP contribution < -0.4 is 0 Å². The molecule has 4 nitrogen and oxygen atoms in total. The number of aromatic hydroxyl groups is 1. The van der Waals surface area contributed by atoms with E-state index in [-0.39, 0.29) is 5.88 Å². The molecule has 2 heterocycles. The van der Waals surface area contributed by atoms with E-state index in [4.69, 9.17) is 0 Å². The van der Waals surface area contributed by atoms with Crippen molar-refractivity contribution in [2.24, 2.45) is 0 Å². The molecule has 0 saturated heterocycles. The summed E-state index contributed by atoms with van der Waals surface area (Å²) in [5.41, 5.74) is 2.94. The molecule has 0 radical (unpaired) electrons. The van der Waals surface area contributed by atoms with Crippen molar-refractivity contribution in [3.63, 3.8) is 0 Å². The molecule has 0 unspecified atom stereocenters. The monoisotopic (exact) mass is 191 g/mol. The second-order valence-electron chi connectivity index (χ2n) is 3.54. The zero-order valence-corrected chi connectivity index (χ0v) is 8.52. The molecule has 4 heteroatoms. The van der Waals surface area contributed by atoms with E-state index in [1.54, 1.807) is 15.5 Å². The third kappa shape index (κ3) is 1.28. The summed E-state index contributed by atoms with van der Waals surface area (Å²) in [6.45, 7) is 5.81. The largest absolute Gasteiger partial charge is 0.493 e. The summed E-state index contributed by atoms with van der Waals surface area (Å²) in [7, 11) is 0. The van der Waals surface area contributed by atoms with Crippen LogP contribution in [0.1, 0.15) is 17.0 Å². The summed E-state index contributed by atoms with van der Waals surface area (Å²) in [5.74, 6) is 0.203. The number of aryl methyl sites for hydroxylation is 3. The van der Waals surface area contributed by atoms with Crippen LogP contribution in [-0.2, 0) is 0 Å². The Labute approximate surface area is 82.4 Å². The molecule has 2 aromatic heterocycles. The highest BCUT2D eigenvalue weighted by Crippen LogP contribution is 2.15. The summed E-state index contributed by atoms with van der Waals surface area (Å²) in [5, 5.41) is 13.9. The third-order valence-corrected chi connectivity index (χ3v) is 2.11. The van der Waals surface area contributed by atoms with Crippen molar-refractivity contribution in [2.45, 2.75) is 20.8 Å². The number of nitrogens with zero attached hydrogens (tertiary/aromatic N) is 3. The molecule has 0 fully saturated rings. The van der Waals surface area contributed by atoms with Crippen molar-refractivity contribution >= 4 is 0 Å². The normalized spacial score (nSPS) is 10.8. The molecule has 0 spiro atoms. The summed E-state index contributed by atoms with van der Waals surface area (Å²) in [6.07, 6.45) is 1.84. The van der Waals surface area contributed by atoms with Crippen LogP contribution in [-0.4, -0.2) is 19.7 Å². The molecule has 0 aliphatic heterocycles. The lowest BCUT2D eigenvalue weighted by atomic mass is 10.4. The highest BCUT2D eigenvalue weighted by atomic mass is 16.3. The average molecular weight is 191 g/mol. The lowest BCUT2D eigenvalue weighted by molar-refractivity contribution is 0.388. The molecule has 74 valence electrons. The van der Waals surface area contributed by atoms with Gasteiger partial charge in [0, 0.05) is 12.3 Å². The first-order valence-corrected chi connectivity index (χ1v) is 4.50. The van der Waals surface area contributed by atoms with Crippen molar-refractivity contribution in [1.29, 1.82) is 0 Å². The maximum absolute atomic E-state index is 9.62. The van der Waals surface area contributed by atoms with Crippen LogP contribution >= 0.6 is 0 Å². The van der Waals surface area contributed by atoms with Crippen molar-refractivity contribution in [2.75, 3.05) is 0 Å². The van der Waals surface area contributed by atoms with E-state index >= 15 is 0 Å². The molecule has 0 aliphatic carbocycles. The van der Waals surface area contributed by atoms with E-state index in [9.17, 15) is 5.11 Å². The minimum atomic E-state index is 0.203.